The molecule has 1 aromatic rings. The first-order valence-electron chi connectivity index (χ1n) is 9.96. The molecular weight excluding hydrogens is 503 g/mol. The van der Waals surface area contributed by atoms with E-state index in [-0.39, 0.29) is 41.5 Å². The number of aliphatic imine (C=N–C) groups is 1. The number of sulfonamides is 1. The van der Waals surface area contributed by atoms with Crippen LogP contribution in [0.3, 0.4) is 0 Å². The molecule has 29 heavy (non-hydrogen) atoms. The smallest absolute Gasteiger partial charge is 0.211 e. The fraction of sp³-hybridized carbons (Fsp3) is 0.650. The van der Waals surface area contributed by atoms with E-state index in [1.807, 2.05) is 25.1 Å². The van der Waals surface area contributed by atoms with E-state index >= 15 is 0 Å². The summed E-state index contributed by atoms with van der Waals surface area (Å²) in [4.78, 5) is 4.76. The SMILES string of the molecule is CCNC(=NCC1CCN(S(C)(=O)=O)C1)NC1CC(C)(C)Oc2ccccc21.I. The third-order valence-corrected chi connectivity index (χ3v) is 6.53. The number of halogens is 1. The van der Waals surface area contributed by atoms with Crippen molar-refractivity contribution in [3.63, 3.8) is 0 Å². The zero-order chi connectivity index (χ0) is 20.4. The monoisotopic (exact) mass is 536 g/mol. The third-order valence-electron chi connectivity index (χ3n) is 5.26. The van der Waals surface area contributed by atoms with Gasteiger partial charge in [0.05, 0.1) is 12.3 Å². The number of benzene rings is 1. The quantitative estimate of drug-likeness (QED) is 0.344. The molecule has 2 aliphatic heterocycles. The molecule has 7 nitrogen and oxygen atoms in total. The van der Waals surface area contributed by atoms with Gasteiger partial charge in [0.15, 0.2) is 5.96 Å². The van der Waals surface area contributed by atoms with Gasteiger partial charge in [-0.25, -0.2) is 12.7 Å². The maximum Gasteiger partial charge on any atom is 0.211 e. The average Bonchev–Trinajstić information content (AvgIpc) is 3.08. The van der Waals surface area contributed by atoms with Crippen molar-refractivity contribution in [2.75, 3.05) is 32.4 Å². The molecule has 0 aliphatic carbocycles. The van der Waals surface area contributed by atoms with Crippen molar-refractivity contribution in [3.8, 4) is 5.75 Å². The number of nitrogens with zero attached hydrogens (tertiary/aromatic N) is 2. The topological polar surface area (TPSA) is 83.0 Å². The van der Waals surface area contributed by atoms with Crippen LogP contribution < -0.4 is 15.4 Å². The summed E-state index contributed by atoms with van der Waals surface area (Å²) in [6.45, 7) is 8.75. The highest BCUT2D eigenvalue weighted by molar-refractivity contribution is 14.0. The molecule has 9 heteroatoms. The van der Waals surface area contributed by atoms with Gasteiger partial charge in [-0.3, -0.25) is 4.99 Å². The molecule has 3 rings (SSSR count). The van der Waals surface area contributed by atoms with Crippen LogP contribution in [-0.2, 0) is 10.0 Å². The predicted molar refractivity (Wildman–Crippen MR) is 128 cm³/mol. The normalized spacial score (nSPS) is 24.2. The van der Waals surface area contributed by atoms with E-state index in [1.165, 1.54) is 6.26 Å². The van der Waals surface area contributed by atoms with Crippen molar-refractivity contribution in [1.29, 1.82) is 0 Å². The highest BCUT2D eigenvalue weighted by atomic mass is 127. The zero-order valence-electron chi connectivity index (χ0n) is 17.6. The molecule has 0 bridgehead atoms. The molecule has 1 fully saturated rings. The maximum atomic E-state index is 11.7. The average molecular weight is 536 g/mol. The summed E-state index contributed by atoms with van der Waals surface area (Å²) in [7, 11) is -3.11. The van der Waals surface area contributed by atoms with Crippen LogP contribution in [0.2, 0.25) is 0 Å². The summed E-state index contributed by atoms with van der Waals surface area (Å²) < 4.78 is 31.1. The molecule has 2 heterocycles. The molecule has 0 amide bonds. The standard InChI is InChI=1S/C20H32N4O3S.HI/c1-5-21-19(22-13-15-10-11-24(14-15)28(4,25)26)23-17-12-20(2,3)27-18-9-7-6-8-16(17)18;/h6-9,15,17H,5,10-14H2,1-4H3,(H2,21,22,23);1H. The molecule has 0 aromatic heterocycles. The van der Waals surface area contributed by atoms with Gasteiger partial charge in [-0.2, -0.15) is 0 Å². The van der Waals surface area contributed by atoms with E-state index in [0.717, 1.165) is 36.7 Å². The Morgan fingerprint density at radius 2 is 2.07 bits per heavy atom. The van der Waals surface area contributed by atoms with Gasteiger partial charge < -0.3 is 15.4 Å². The fourth-order valence-electron chi connectivity index (χ4n) is 3.88. The van der Waals surface area contributed by atoms with E-state index in [4.69, 9.17) is 9.73 Å². The second kappa shape index (κ2) is 9.82. The minimum absolute atomic E-state index is 0. The van der Waals surface area contributed by atoms with Gasteiger partial charge in [0.2, 0.25) is 10.0 Å². The lowest BCUT2D eigenvalue weighted by atomic mass is 9.90. The summed E-state index contributed by atoms with van der Waals surface area (Å²) in [5, 5.41) is 6.88. The van der Waals surface area contributed by atoms with Gasteiger partial charge in [0, 0.05) is 38.2 Å². The molecule has 2 atom stereocenters. The van der Waals surface area contributed by atoms with Crippen LogP contribution in [0.4, 0.5) is 0 Å². The summed E-state index contributed by atoms with van der Waals surface area (Å²) >= 11 is 0. The fourth-order valence-corrected chi connectivity index (χ4v) is 4.80. The molecule has 1 saturated heterocycles. The van der Waals surface area contributed by atoms with Gasteiger partial charge in [-0.1, -0.05) is 18.2 Å². The Bertz CT molecular complexity index is 829. The number of rotatable bonds is 5. The van der Waals surface area contributed by atoms with E-state index in [1.54, 1.807) is 4.31 Å². The van der Waals surface area contributed by atoms with Crippen LogP contribution >= 0.6 is 24.0 Å². The molecule has 2 N–H and O–H groups in total. The lowest BCUT2D eigenvalue weighted by Crippen LogP contribution is -2.45. The van der Waals surface area contributed by atoms with Crippen LogP contribution in [0.1, 0.15) is 45.2 Å². The molecule has 2 unspecified atom stereocenters. The Hall–Kier alpha value is -1.07. The van der Waals surface area contributed by atoms with Crippen molar-refractivity contribution in [2.24, 2.45) is 10.9 Å². The minimum atomic E-state index is -3.11. The van der Waals surface area contributed by atoms with Gasteiger partial charge in [0.25, 0.3) is 0 Å². The highest BCUT2D eigenvalue weighted by Gasteiger charge is 2.34. The third kappa shape index (κ3) is 6.45. The second-order valence-corrected chi connectivity index (χ2v) is 10.3. The van der Waals surface area contributed by atoms with Crippen molar-refractivity contribution < 1.29 is 13.2 Å². The lowest BCUT2D eigenvalue weighted by molar-refractivity contribution is 0.0694. The summed E-state index contributed by atoms with van der Waals surface area (Å²) in [5.41, 5.74) is 0.877. The Balaban J connectivity index is 0.00000300. The number of hydrogen-bond acceptors (Lipinski definition) is 4. The van der Waals surface area contributed by atoms with Crippen molar-refractivity contribution in [3.05, 3.63) is 29.8 Å². The number of guanidine groups is 1. The van der Waals surface area contributed by atoms with Crippen LogP contribution in [-0.4, -0.2) is 56.7 Å². The highest BCUT2D eigenvalue weighted by Crippen LogP contribution is 2.39. The number of para-hydroxylation sites is 1. The Morgan fingerprint density at radius 1 is 1.34 bits per heavy atom. The van der Waals surface area contributed by atoms with E-state index in [2.05, 4.69) is 30.5 Å². The molecule has 164 valence electrons. The number of fused-ring (bicyclic) bond motifs is 1. The predicted octanol–water partition coefficient (Wildman–Crippen LogP) is 2.74. The summed E-state index contributed by atoms with van der Waals surface area (Å²) in [5.74, 6) is 1.92. The van der Waals surface area contributed by atoms with Crippen LogP contribution in [0, 0.1) is 5.92 Å². The molecule has 0 radical (unpaired) electrons. The number of hydrogen-bond donors (Lipinski definition) is 2. The van der Waals surface area contributed by atoms with Crippen LogP contribution in [0.25, 0.3) is 0 Å². The van der Waals surface area contributed by atoms with Crippen LogP contribution in [0.15, 0.2) is 29.3 Å². The van der Waals surface area contributed by atoms with Crippen molar-refractivity contribution in [1.82, 2.24) is 14.9 Å². The van der Waals surface area contributed by atoms with Crippen molar-refractivity contribution in [2.45, 2.75) is 45.3 Å². The molecule has 1 aromatic carbocycles. The van der Waals surface area contributed by atoms with Crippen molar-refractivity contribution >= 4 is 40.0 Å². The first kappa shape index (κ1) is 24.2. The maximum absolute atomic E-state index is 11.7. The Kier molecular flexibility index (Phi) is 8.20. The van der Waals surface area contributed by atoms with E-state index in [0.29, 0.717) is 19.6 Å². The van der Waals surface area contributed by atoms with Gasteiger partial charge in [-0.15, -0.1) is 24.0 Å². The minimum Gasteiger partial charge on any atom is -0.487 e. The van der Waals surface area contributed by atoms with Gasteiger partial charge in [0.1, 0.15) is 11.4 Å². The lowest BCUT2D eigenvalue weighted by Gasteiger charge is -2.38. The number of ether oxygens (including phenoxy) is 1. The Morgan fingerprint density at radius 3 is 2.72 bits per heavy atom. The second-order valence-electron chi connectivity index (χ2n) is 8.30. The molecular formula is C20H33IN4O3S. The molecule has 2 aliphatic rings. The summed E-state index contributed by atoms with van der Waals surface area (Å²) in [6, 6.07) is 8.22. The first-order valence-corrected chi connectivity index (χ1v) is 11.8. The first-order chi connectivity index (χ1) is 13.2. The van der Waals surface area contributed by atoms with E-state index < -0.39 is 10.0 Å². The van der Waals surface area contributed by atoms with Crippen LogP contribution in [0.5, 0.6) is 5.75 Å². The molecule has 0 saturated carbocycles. The summed E-state index contributed by atoms with van der Waals surface area (Å²) in [6.07, 6.45) is 2.96. The van der Waals surface area contributed by atoms with Gasteiger partial charge in [-0.05, 0) is 39.2 Å². The zero-order valence-corrected chi connectivity index (χ0v) is 20.8. The Labute approximate surface area is 191 Å². The molecule has 0 spiro atoms. The number of nitrogens with one attached hydrogen (secondary N) is 2. The largest absolute Gasteiger partial charge is 0.487 e. The van der Waals surface area contributed by atoms with Gasteiger partial charge >= 0.3 is 0 Å². The van der Waals surface area contributed by atoms with E-state index in [9.17, 15) is 8.42 Å².